The third-order valence-corrected chi connectivity index (χ3v) is 4.35. The molecule has 0 aliphatic rings. The molecule has 0 aliphatic carbocycles. The molecule has 3 aromatic rings. The lowest BCUT2D eigenvalue weighted by atomic mass is 10.1. The van der Waals surface area contributed by atoms with Crippen LogP contribution in [0.4, 0.5) is 17.6 Å². The summed E-state index contributed by atoms with van der Waals surface area (Å²) in [5.74, 6) is -0.596. The second-order valence-corrected chi connectivity index (χ2v) is 6.84. The number of rotatable bonds is 5. The van der Waals surface area contributed by atoms with Crippen LogP contribution in [0.25, 0.3) is 11.3 Å². The summed E-state index contributed by atoms with van der Waals surface area (Å²) in [7, 11) is 0. The van der Waals surface area contributed by atoms with Crippen LogP contribution in [0.2, 0.25) is 0 Å². The molecule has 0 radical (unpaired) electrons. The van der Waals surface area contributed by atoms with E-state index in [1.807, 2.05) is 74.0 Å². The number of allylic oxidation sites excluding steroid dienone is 4. The topological polar surface area (TPSA) is 17.8 Å². The Hall–Kier alpha value is -3.41. The number of hydrogen-bond acceptors (Lipinski definition) is 1. The van der Waals surface area contributed by atoms with Gasteiger partial charge in [0.2, 0.25) is 0 Å². The van der Waals surface area contributed by atoms with Crippen LogP contribution in [-0.2, 0) is 6.42 Å². The first-order valence-electron chi connectivity index (χ1n) is 10.5. The molecule has 1 aromatic heterocycles. The lowest BCUT2D eigenvalue weighted by Crippen LogP contribution is -2.11. The fraction of sp³-hybridized carbons (Fsp3) is 0.222. The summed E-state index contributed by atoms with van der Waals surface area (Å²) >= 11 is 0. The van der Waals surface area contributed by atoms with Crippen molar-refractivity contribution < 1.29 is 17.6 Å². The highest BCUT2D eigenvalue weighted by Crippen LogP contribution is 2.23. The predicted molar refractivity (Wildman–Crippen MR) is 129 cm³/mol. The van der Waals surface area contributed by atoms with E-state index in [0.29, 0.717) is 5.56 Å². The highest BCUT2D eigenvalue weighted by Gasteiger charge is 2.27. The van der Waals surface area contributed by atoms with Gasteiger partial charge in [-0.25, -0.2) is 9.07 Å². The van der Waals surface area contributed by atoms with Crippen LogP contribution in [-0.4, -0.2) is 16.0 Å². The van der Waals surface area contributed by atoms with Gasteiger partial charge in [0.05, 0.1) is 24.0 Å². The van der Waals surface area contributed by atoms with E-state index in [1.165, 1.54) is 19.1 Å². The molecule has 3 rings (SSSR count). The molecule has 0 atom stereocenters. The minimum Gasteiger partial charge on any atom is -0.233 e. The Balaban J connectivity index is 0.000000322. The van der Waals surface area contributed by atoms with Crippen LogP contribution < -0.4 is 0 Å². The molecular weight excluding hydrogens is 428 g/mol. The zero-order chi connectivity index (χ0) is 25.0. The summed E-state index contributed by atoms with van der Waals surface area (Å²) in [6, 6.07) is 15.5. The minimum atomic E-state index is -4.28. The van der Waals surface area contributed by atoms with Crippen molar-refractivity contribution in [3.05, 3.63) is 114 Å². The fourth-order valence-corrected chi connectivity index (χ4v) is 2.75. The molecule has 0 bridgehead atoms. The summed E-state index contributed by atoms with van der Waals surface area (Å²) in [4.78, 5) is 0. The fourth-order valence-electron chi connectivity index (χ4n) is 2.75. The number of alkyl halides is 3. The highest BCUT2D eigenvalue weighted by atomic mass is 19.4. The normalized spacial score (nSPS) is 10.7. The van der Waals surface area contributed by atoms with Crippen LogP contribution in [0.15, 0.2) is 91.7 Å². The Morgan fingerprint density at radius 3 is 2.21 bits per heavy atom. The smallest absolute Gasteiger partial charge is 0.233 e. The van der Waals surface area contributed by atoms with Gasteiger partial charge in [-0.3, -0.25) is 0 Å². The predicted octanol–water partition coefficient (Wildman–Crippen LogP) is 8.28. The molecule has 0 saturated carbocycles. The summed E-state index contributed by atoms with van der Waals surface area (Å²) < 4.78 is 50.2. The molecule has 0 saturated heterocycles. The molecule has 0 unspecified atom stereocenters. The number of para-hydroxylation sites is 1. The Morgan fingerprint density at radius 1 is 1.03 bits per heavy atom. The van der Waals surface area contributed by atoms with Gasteiger partial charge >= 0.3 is 6.18 Å². The first-order chi connectivity index (χ1) is 15.6. The molecule has 2 aromatic carbocycles. The minimum absolute atomic E-state index is 0.0457. The van der Waals surface area contributed by atoms with Gasteiger partial charge in [0.15, 0.2) is 0 Å². The molecule has 0 fully saturated rings. The zero-order valence-electron chi connectivity index (χ0n) is 19.5. The quantitative estimate of drug-likeness (QED) is 0.278. The monoisotopic (exact) mass is 458 g/mol. The second kappa shape index (κ2) is 13.2. The third kappa shape index (κ3) is 8.93. The number of hydrogen-bond donors (Lipinski definition) is 0. The van der Waals surface area contributed by atoms with E-state index in [0.717, 1.165) is 28.6 Å². The van der Waals surface area contributed by atoms with E-state index in [-0.39, 0.29) is 5.56 Å². The summed E-state index contributed by atoms with van der Waals surface area (Å²) in [5, 5.41) is 4.34. The van der Waals surface area contributed by atoms with E-state index in [9.17, 15) is 17.6 Å². The van der Waals surface area contributed by atoms with Gasteiger partial charge in [-0.15, -0.1) is 0 Å². The van der Waals surface area contributed by atoms with Crippen molar-refractivity contribution in [1.82, 2.24) is 9.78 Å². The van der Waals surface area contributed by atoms with Crippen LogP contribution in [0.3, 0.4) is 0 Å². The van der Waals surface area contributed by atoms with Crippen molar-refractivity contribution in [2.45, 2.75) is 40.3 Å². The number of aromatic nitrogens is 2. The lowest BCUT2D eigenvalue weighted by molar-refractivity contribution is -0.127. The van der Waals surface area contributed by atoms with Gasteiger partial charge in [0.1, 0.15) is 5.82 Å². The molecule has 0 N–H and O–H groups in total. The number of halogens is 4. The van der Waals surface area contributed by atoms with Crippen molar-refractivity contribution in [3.8, 4) is 5.69 Å². The summed E-state index contributed by atoms with van der Waals surface area (Å²) in [5.41, 5.74) is 4.07. The standard InChI is InChI=1S/C16H16N2.C9H8F4.C2H6/c1-4-8-13(2)14(3)16-11-12-17-18(16)15-9-6-5-7-10-15;1-6-2-3-7(4-8(6)10)5-9(11,12)13;1-2/h4-12H,2-3H2,1H3;2-4H,5H2,1H3;1-2H3/b8-4-;;. The maximum Gasteiger partial charge on any atom is 0.393 e. The SMILES string of the molecule is C=C(/C=C\C)C(=C)c1ccnn1-c1ccccc1.CC.Cc1ccc(CC(F)(F)F)cc1F. The molecule has 0 aliphatic heterocycles. The largest absolute Gasteiger partial charge is 0.393 e. The maximum atomic E-state index is 12.8. The Labute approximate surface area is 193 Å². The maximum absolute atomic E-state index is 12.8. The van der Waals surface area contributed by atoms with Crippen molar-refractivity contribution in [2.75, 3.05) is 0 Å². The van der Waals surface area contributed by atoms with Gasteiger partial charge in [-0.1, -0.05) is 69.5 Å². The number of aryl methyl sites for hydroxylation is 1. The molecule has 2 nitrogen and oxygen atoms in total. The molecule has 0 spiro atoms. The molecule has 33 heavy (non-hydrogen) atoms. The van der Waals surface area contributed by atoms with E-state index in [1.54, 1.807) is 6.20 Å². The molecular formula is C27H30F4N2. The van der Waals surface area contributed by atoms with E-state index in [4.69, 9.17) is 0 Å². The van der Waals surface area contributed by atoms with Crippen molar-refractivity contribution >= 4 is 5.57 Å². The zero-order valence-corrected chi connectivity index (χ0v) is 19.5. The Morgan fingerprint density at radius 2 is 1.67 bits per heavy atom. The van der Waals surface area contributed by atoms with Gasteiger partial charge in [-0.05, 0) is 60.4 Å². The molecule has 176 valence electrons. The van der Waals surface area contributed by atoms with Crippen molar-refractivity contribution in [1.29, 1.82) is 0 Å². The first kappa shape index (κ1) is 27.6. The third-order valence-electron chi connectivity index (χ3n) is 4.35. The lowest BCUT2D eigenvalue weighted by Gasteiger charge is -2.09. The van der Waals surface area contributed by atoms with Crippen LogP contribution in [0.1, 0.15) is 37.6 Å². The number of nitrogens with zero attached hydrogens (tertiary/aromatic N) is 2. The summed E-state index contributed by atoms with van der Waals surface area (Å²) in [6.07, 6.45) is 0.323. The number of benzene rings is 2. The van der Waals surface area contributed by atoms with Crippen molar-refractivity contribution in [2.24, 2.45) is 0 Å². The van der Waals surface area contributed by atoms with E-state index >= 15 is 0 Å². The molecule has 0 amide bonds. The first-order valence-corrected chi connectivity index (χ1v) is 10.5. The van der Waals surface area contributed by atoms with Gasteiger partial charge in [0.25, 0.3) is 0 Å². The molecule has 6 heteroatoms. The Kier molecular flexibility index (Phi) is 11.1. The Bertz CT molecular complexity index is 1060. The highest BCUT2D eigenvalue weighted by molar-refractivity contribution is 5.78. The van der Waals surface area contributed by atoms with Gasteiger partial charge in [-0.2, -0.15) is 18.3 Å². The van der Waals surface area contributed by atoms with Gasteiger partial charge < -0.3 is 0 Å². The average Bonchev–Trinajstić information content (AvgIpc) is 3.27. The van der Waals surface area contributed by atoms with E-state index < -0.39 is 18.4 Å². The van der Waals surface area contributed by atoms with Crippen LogP contribution >= 0.6 is 0 Å². The van der Waals surface area contributed by atoms with E-state index in [2.05, 4.69) is 18.3 Å². The van der Waals surface area contributed by atoms with Gasteiger partial charge in [0, 0.05) is 0 Å². The summed E-state index contributed by atoms with van der Waals surface area (Å²) in [6.45, 7) is 15.6. The van der Waals surface area contributed by atoms with Crippen LogP contribution in [0.5, 0.6) is 0 Å². The second-order valence-electron chi connectivity index (χ2n) is 6.84. The molecule has 1 heterocycles. The van der Waals surface area contributed by atoms with Crippen molar-refractivity contribution in [3.63, 3.8) is 0 Å². The van der Waals surface area contributed by atoms with Crippen LogP contribution in [0, 0.1) is 12.7 Å². The average molecular weight is 459 g/mol.